The fraction of sp³-hybridized carbons (Fsp3) is 0.200. The van der Waals surface area contributed by atoms with E-state index in [2.05, 4.69) is 20.7 Å². The van der Waals surface area contributed by atoms with Crippen molar-refractivity contribution in [1.29, 1.82) is 0 Å². The Kier molecular flexibility index (Phi) is 4.51. The number of nitrogens with one attached hydrogen (secondary N) is 1. The molecule has 0 saturated carbocycles. The van der Waals surface area contributed by atoms with Crippen LogP contribution in [0.15, 0.2) is 57.9 Å². The number of rotatable bonds is 4. The molecule has 2 aromatic rings. The van der Waals surface area contributed by atoms with Gasteiger partial charge in [-0.05, 0) is 49.7 Å². The number of halogens is 2. The summed E-state index contributed by atoms with van der Waals surface area (Å²) in [5.74, 6) is -0.584. The van der Waals surface area contributed by atoms with Crippen LogP contribution in [0.2, 0.25) is 0 Å². The number of sulfonamides is 1. The maximum absolute atomic E-state index is 13.2. The predicted molar refractivity (Wildman–Crippen MR) is 83.9 cm³/mol. The highest BCUT2D eigenvalue weighted by Gasteiger charge is 2.28. The van der Waals surface area contributed by atoms with Crippen LogP contribution in [0.4, 0.5) is 4.39 Å². The topological polar surface area (TPSA) is 46.2 Å². The zero-order valence-corrected chi connectivity index (χ0v) is 14.0. The average molecular weight is 372 g/mol. The predicted octanol–water partition coefficient (Wildman–Crippen LogP) is 3.80. The molecule has 2 rings (SSSR count). The number of hydrogen-bond acceptors (Lipinski definition) is 2. The van der Waals surface area contributed by atoms with Crippen molar-refractivity contribution in [3.8, 4) is 0 Å². The fourth-order valence-electron chi connectivity index (χ4n) is 1.95. The summed E-state index contributed by atoms with van der Waals surface area (Å²) in [4.78, 5) is -0.0901. The van der Waals surface area contributed by atoms with E-state index in [4.69, 9.17) is 0 Å². The molecule has 0 spiro atoms. The minimum Gasteiger partial charge on any atom is -0.207 e. The molecular formula is C15H15BrFNO2S. The van der Waals surface area contributed by atoms with Crippen LogP contribution in [0, 0.1) is 5.82 Å². The highest BCUT2D eigenvalue weighted by Crippen LogP contribution is 2.24. The Morgan fingerprint density at radius 2 is 1.71 bits per heavy atom. The molecule has 0 unspecified atom stereocenters. The third kappa shape index (κ3) is 3.90. The summed E-state index contributed by atoms with van der Waals surface area (Å²) in [5, 5.41) is 0. The van der Waals surface area contributed by atoms with Gasteiger partial charge in [-0.1, -0.05) is 34.1 Å². The zero-order valence-electron chi connectivity index (χ0n) is 11.6. The molecule has 2 aromatic carbocycles. The molecule has 0 bridgehead atoms. The van der Waals surface area contributed by atoms with Gasteiger partial charge in [0.25, 0.3) is 0 Å². The maximum atomic E-state index is 13.2. The molecule has 6 heteroatoms. The van der Waals surface area contributed by atoms with E-state index < -0.39 is 21.4 Å². The Morgan fingerprint density at radius 1 is 1.10 bits per heavy atom. The molecule has 0 heterocycles. The van der Waals surface area contributed by atoms with E-state index in [0.29, 0.717) is 0 Å². The summed E-state index contributed by atoms with van der Waals surface area (Å²) in [6, 6.07) is 12.3. The SMILES string of the molecule is CC(C)(NS(=O)(=O)c1cccc(F)c1)c1ccc(Br)cc1. The second-order valence-electron chi connectivity index (χ2n) is 5.19. The second kappa shape index (κ2) is 5.87. The normalized spacial score (nSPS) is 12.4. The lowest BCUT2D eigenvalue weighted by atomic mass is 9.96. The molecular weight excluding hydrogens is 357 g/mol. The highest BCUT2D eigenvalue weighted by molar-refractivity contribution is 9.10. The van der Waals surface area contributed by atoms with E-state index in [1.54, 1.807) is 13.8 Å². The lowest BCUT2D eigenvalue weighted by Crippen LogP contribution is -2.40. The molecule has 0 radical (unpaired) electrons. The molecule has 1 N–H and O–H groups in total. The van der Waals surface area contributed by atoms with Crippen LogP contribution >= 0.6 is 15.9 Å². The second-order valence-corrected chi connectivity index (χ2v) is 7.79. The molecule has 0 aliphatic carbocycles. The standard InChI is InChI=1S/C15H15BrFNO2S/c1-15(2,11-6-8-12(16)9-7-11)18-21(19,20)14-5-3-4-13(17)10-14/h3-10,18H,1-2H3. The maximum Gasteiger partial charge on any atom is 0.241 e. The Labute approximate surface area is 132 Å². The zero-order chi connectivity index (χ0) is 15.7. The first-order valence-corrected chi connectivity index (χ1v) is 8.54. The third-order valence-electron chi connectivity index (χ3n) is 3.06. The minimum atomic E-state index is -3.80. The van der Waals surface area contributed by atoms with Gasteiger partial charge in [-0.3, -0.25) is 0 Å². The van der Waals surface area contributed by atoms with Crippen molar-refractivity contribution in [3.05, 3.63) is 64.4 Å². The largest absolute Gasteiger partial charge is 0.241 e. The Morgan fingerprint density at radius 3 is 2.29 bits per heavy atom. The van der Waals surface area contributed by atoms with E-state index in [1.165, 1.54) is 18.2 Å². The summed E-state index contributed by atoms with van der Waals surface area (Å²) >= 11 is 3.34. The summed E-state index contributed by atoms with van der Waals surface area (Å²) in [7, 11) is -3.80. The Bertz CT molecular complexity index is 743. The number of hydrogen-bond donors (Lipinski definition) is 1. The average Bonchev–Trinajstić information content (AvgIpc) is 2.38. The van der Waals surface area contributed by atoms with Crippen LogP contribution in [0.25, 0.3) is 0 Å². The van der Waals surface area contributed by atoms with Crippen molar-refractivity contribution in [1.82, 2.24) is 4.72 Å². The smallest absolute Gasteiger partial charge is 0.207 e. The number of benzene rings is 2. The first-order valence-electron chi connectivity index (χ1n) is 6.26. The summed E-state index contributed by atoms with van der Waals surface area (Å²) in [6.45, 7) is 3.51. The van der Waals surface area contributed by atoms with E-state index in [9.17, 15) is 12.8 Å². The highest BCUT2D eigenvalue weighted by atomic mass is 79.9. The van der Waals surface area contributed by atoms with Gasteiger partial charge in [0.2, 0.25) is 10.0 Å². The van der Waals surface area contributed by atoms with Crippen LogP contribution in [0.5, 0.6) is 0 Å². The quantitative estimate of drug-likeness (QED) is 0.888. The molecule has 0 atom stereocenters. The minimum absolute atomic E-state index is 0.0901. The molecule has 0 aliphatic rings. The van der Waals surface area contributed by atoms with Gasteiger partial charge in [0.15, 0.2) is 0 Å². The van der Waals surface area contributed by atoms with Crippen LogP contribution < -0.4 is 4.72 Å². The van der Waals surface area contributed by atoms with E-state index in [1.807, 2.05) is 24.3 Å². The summed E-state index contributed by atoms with van der Waals surface area (Å²) < 4.78 is 41.4. The van der Waals surface area contributed by atoms with Crippen molar-refractivity contribution in [3.63, 3.8) is 0 Å². The van der Waals surface area contributed by atoms with Crippen molar-refractivity contribution in [2.45, 2.75) is 24.3 Å². The molecule has 0 aliphatic heterocycles. The summed E-state index contributed by atoms with van der Waals surface area (Å²) in [5.41, 5.74) is -0.00283. The molecule has 112 valence electrons. The molecule has 0 amide bonds. The van der Waals surface area contributed by atoms with Crippen molar-refractivity contribution in [2.75, 3.05) is 0 Å². The van der Waals surface area contributed by atoms with Gasteiger partial charge in [-0.2, -0.15) is 0 Å². The molecule has 21 heavy (non-hydrogen) atoms. The molecule has 0 saturated heterocycles. The van der Waals surface area contributed by atoms with Crippen molar-refractivity contribution < 1.29 is 12.8 Å². The van der Waals surface area contributed by atoms with E-state index >= 15 is 0 Å². The molecule has 0 fully saturated rings. The van der Waals surface area contributed by atoms with Gasteiger partial charge in [-0.25, -0.2) is 17.5 Å². The van der Waals surface area contributed by atoms with Crippen LogP contribution in [-0.4, -0.2) is 8.42 Å². The van der Waals surface area contributed by atoms with Gasteiger partial charge >= 0.3 is 0 Å². The lowest BCUT2D eigenvalue weighted by molar-refractivity contribution is 0.471. The van der Waals surface area contributed by atoms with Gasteiger partial charge < -0.3 is 0 Å². The first-order chi connectivity index (χ1) is 9.71. The Hall–Kier alpha value is -1.24. The van der Waals surface area contributed by atoms with Gasteiger partial charge in [-0.15, -0.1) is 0 Å². The lowest BCUT2D eigenvalue weighted by Gasteiger charge is -2.26. The van der Waals surface area contributed by atoms with Crippen LogP contribution in [0.3, 0.4) is 0 Å². The Balaban J connectivity index is 2.32. The van der Waals surface area contributed by atoms with Gasteiger partial charge in [0.05, 0.1) is 10.4 Å². The van der Waals surface area contributed by atoms with Gasteiger partial charge in [0.1, 0.15) is 5.82 Å². The van der Waals surface area contributed by atoms with Crippen molar-refractivity contribution in [2.24, 2.45) is 0 Å². The van der Waals surface area contributed by atoms with Gasteiger partial charge in [0, 0.05) is 4.47 Å². The van der Waals surface area contributed by atoms with Crippen molar-refractivity contribution >= 4 is 26.0 Å². The first kappa shape index (κ1) is 16.1. The van der Waals surface area contributed by atoms with Crippen LogP contribution in [-0.2, 0) is 15.6 Å². The molecule has 0 aromatic heterocycles. The third-order valence-corrected chi connectivity index (χ3v) is 5.24. The van der Waals surface area contributed by atoms with E-state index in [0.717, 1.165) is 16.1 Å². The van der Waals surface area contributed by atoms with E-state index in [-0.39, 0.29) is 4.90 Å². The fourth-order valence-corrected chi connectivity index (χ4v) is 3.65. The molecule has 3 nitrogen and oxygen atoms in total. The summed E-state index contributed by atoms with van der Waals surface area (Å²) in [6.07, 6.45) is 0. The van der Waals surface area contributed by atoms with Crippen LogP contribution in [0.1, 0.15) is 19.4 Å². The monoisotopic (exact) mass is 371 g/mol.